The molecule has 0 nitrogen and oxygen atoms in total. The van der Waals surface area contributed by atoms with Crippen LogP contribution in [0.2, 0.25) is 0 Å². The van der Waals surface area contributed by atoms with Gasteiger partial charge >= 0.3 is 0 Å². The Hall–Kier alpha value is -4.86. The standard InChI is InChI=1S/2C23H19P/c2*1-3-11-22(12-4-1)24(23-13-5-2-6-14-23)18-19-15-16-20-9-7-8-10-21(20)17-19/h2*1-17H,18H2. The number of fused-ring (bicyclic) bond motifs is 2. The molecular weight excluding hydrogens is 614 g/mol. The molecule has 0 bridgehead atoms. The minimum Gasteiger partial charge on any atom is -0.0622 e. The molecule has 0 N–H and O–H groups in total. The van der Waals surface area contributed by atoms with E-state index in [4.69, 9.17) is 0 Å². The normalized spacial score (nSPS) is 11.0. The van der Waals surface area contributed by atoms with Gasteiger partial charge in [0.15, 0.2) is 0 Å². The molecule has 0 amide bonds. The first-order valence-corrected chi connectivity index (χ1v) is 19.6. The van der Waals surface area contributed by atoms with Gasteiger partial charge in [-0.15, -0.1) is 0 Å². The predicted octanol–water partition coefficient (Wildman–Crippen LogP) is 10.9. The van der Waals surface area contributed by atoms with E-state index in [-0.39, 0.29) is 15.8 Å². The molecule has 0 saturated heterocycles. The number of hydrogen-bond acceptors (Lipinski definition) is 0. The second-order valence-electron chi connectivity index (χ2n) is 11.9. The third kappa shape index (κ3) is 7.98. The highest BCUT2D eigenvalue weighted by Gasteiger charge is 2.15. The largest absolute Gasteiger partial charge is 0.0622 e. The third-order valence-corrected chi connectivity index (χ3v) is 13.6. The zero-order valence-corrected chi connectivity index (χ0v) is 28.7. The highest BCUT2D eigenvalue weighted by atomic mass is 31.1. The maximum atomic E-state index is 2.34. The second-order valence-corrected chi connectivity index (χ2v) is 16.3. The molecule has 0 radical (unpaired) electrons. The summed E-state index contributed by atoms with van der Waals surface area (Å²) in [5.41, 5.74) is 2.82. The molecule has 2 heteroatoms. The van der Waals surface area contributed by atoms with E-state index in [0.29, 0.717) is 0 Å². The van der Waals surface area contributed by atoms with Crippen molar-refractivity contribution in [2.75, 3.05) is 0 Å². The summed E-state index contributed by atoms with van der Waals surface area (Å²) in [6.07, 6.45) is 2.16. The van der Waals surface area contributed by atoms with E-state index in [0.717, 1.165) is 12.3 Å². The van der Waals surface area contributed by atoms with Gasteiger partial charge < -0.3 is 0 Å². The Morgan fingerprint density at radius 1 is 0.250 bits per heavy atom. The molecule has 0 aliphatic rings. The molecule has 0 spiro atoms. The highest BCUT2D eigenvalue weighted by molar-refractivity contribution is 7.72. The van der Waals surface area contributed by atoms with Crippen LogP contribution in [0.4, 0.5) is 0 Å². The molecule has 0 aromatic heterocycles. The van der Waals surface area contributed by atoms with Crippen molar-refractivity contribution >= 4 is 58.6 Å². The van der Waals surface area contributed by atoms with Crippen LogP contribution in [0.1, 0.15) is 11.1 Å². The molecule has 0 aliphatic carbocycles. The van der Waals surface area contributed by atoms with Crippen molar-refractivity contribution in [2.45, 2.75) is 12.3 Å². The van der Waals surface area contributed by atoms with Crippen molar-refractivity contribution in [1.82, 2.24) is 0 Å². The molecule has 8 aromatic carbocycles. The quantitative estimate of drug-likeness (QED) is 0.143. The lowest BCUT2D eigenvalue weighted by Crippen LogP contribution is -2.12. The Balaban J connectivity index is 0.000000152. The van der Waals surface area contributed by atoms with Crippen molar-refractivity contribution < 1.29 is 0 Å². The van der Waals surface area contributed by atoms with Crippen LogP contribution in [0.25, 0.3) is 21.5 Å². The molecule has 0 unspecified atom stereocenters. The van der Waals surface area contributed by atoms with E-state index in [2.05, 4.69) is 206 Å². The van der Waals surface area contributed by atoms with Gasteiger partial charge in [0.2, 0.25) is 0 Å². The van der Waals surface area contributed by atoms with Crippen LogP contribution in [-0.2, 0) is 12.3 Å². The summed E-state index contributed by atoms with van der Waals surface area (Å²) in [5, 5.41) is 11.0. The van der Waals surface area contributed by atoms with E-state index in [1.807, 2.05) is 0 Å². The number of hydrogen-bond donors (Lipinski definition) is 0. The van der Waals surface area contributed by atoms with Gasteiger partial charge in [-0.25, -0.2) is 0 Å². The monoisotopic (exact) mass is 652 g/mol. The van der Waals surface area contributed by atoms with Crippen molar-refractivity contribution in [3.05, 3.63) is 217 Å². The first kappa shape index (κ1) is 31.7. The van der Waals surface area contributed by atoms with Crippen molar-refractivity contribution in [3.63, 3.8) is 0 Å². The summed E-state index contributed by atoms with van der Waals surface area (Å²) in [5.74, 6) is 0. The maximum Gasteiger partial charge on any atom is 0.000765 e. The molecule has 8 aromatic rings. The van der Waals surface area contributed by atoms with Crippen molar-refractivity contribution in [2.24, 2.45) is 0 Å². The van der Waals surface area contributed by atoms with Crippen LogP contribution in [0.3, 0.4) is 0 Å². The Morgan fingerprint density at radius 3 is 0.833 bits per heavy atom. The average molecular weight is 653 g/mol. The summed E-state index contributed by atoms with van der Waals surface area (Å²) in [6.45, 7) is 0. The molecular formula is C46H38P2. The number of benzene rings is 8. The average Bonchev–Trinajstić information content (AvgIpc) is 3.17. The lowest BCUT2D eigenvalue weighted by Gasteiger charge is -2.19. The van der Waals surface area contributed by atoms with Gasteiger partial charge in [-0.1, -0.05) is 206 Å². The molecule has 48 heavy (non-hydrogen) atoms. The van der Waals surface area contributed by atoms with E-state index in [9.17, 15) is 0 Å². The number of rotatable bonds is 8. The highest BCUT2D eigenvalue weighted by Crippen LogP contribution is 2.39. The predicted molar refractivity (Wildman–Crippen MR) is 213 cm³/mol. The van der Waals surface area contributed by atoms with Crippen LogP contribution < -0.4 is 21.2 Å². The van der Waals surface area contributed by atoms with E-state index >= 15 is 0 Å². The first-order chi connectivity index (χ1) is 23.8. The second kappa shape index (κ2) is 15.8. The summed E-state index contributed by atoms with van der Waals surface area (Å²) in [4.78, 5) is 0. The fourth-order valence-electron chi connectivity index (χ4n) is 6.13. The van der Waals surface area contributed by atoms with Crippen molar-refractivity contribution in [1.29, 1.82) is 0 Å². The minimum absolute atomic E-state index is 0.383. The molecule has 0 saturated carbocycles. The van der Waals surface area contributed by atoms with Crippen LogP contribution in [0, 0.1) is 0 Å². The summed E-state index contributed by atoms with van der Waals surface area (Å²) in [6, 6.07) is 74.6. The van der Waals surface area contributed by atoms with E-state index in [1.165, 1.54) is 53.9 Å². The van der Waals surface area contributed by atoms with Crippen molar-refractivity contribution in [3.8, 4) is 0 Å². The maximum absolute atomic E-state index is 2.34. The minimum atomic E-state index is -0.383. The smallest absolute Gasteiger partial charge is 0.000765 e. The lowest BCUT2D eigenvalue weighted by molar-refractivity contribution is 1.42. The molecule has 0 heterocycles. The van der Waals surface area contributed by atoms with Crippen LogP contribution in [0.15, 0.2) is 206 Å². The molecule has 0 atom stereocenters. The van der Waals surface area contributed by atoms with E-state index in [1.54, 1.807) is 0 Å². The van der Waals surface area contributed by atoms with Gasteiger partial charge in [-0.3, -0.25) is 0 Å². The van der Waals surface area contributed by atoms with Gasteiger partial charge in [0.05, 0.1) is 0 Å². The molecule has 0 fully saturated rings. The van der Waals surface area contributed by atoms with Gasteiger partial charge in [0.1, 0.15) is 0 Å². The fraction of sp³-hybridized carbons (Fsp3) is 0.0435. The SMILES string of the molecule is c1ccc(P(Cc2ccc3ccccc3c2)c2ccccc2)cc1.c1ccc(P(Cc2ccc3ccccc3c2)c2ccccc2)cc1. The Morgan fingerprint density at radius 2 is 0.521 bits per heavy atom. The topological polar surface area (TPSA) is 0 Å². The fourth-order valence-corrected chi connectivity index (χ4v) is 10.7. The Kier molecular flexibility index (Phi) is 10.5. The van der Waals surface area contributed by atoms with Gasteiger partial charge in [-0.05, 0) is 69.7 Å². The first-order valence-electron chi connectivity index (χ1n) is 16.5. The van der Waals surface area contributed by atoms with E-state index < -0.39 is 0 Å². The summed E-state index contributed by atoms with van der Waals surface area (Å²) < 4.78 is 0. The molecule has 8 rings (SSSR count). The third-order valence-electron chi connectivity index (χ3n) is 8.58. The zero-order valence-electron chi connectivity index (χ0n) is 26.9. The van der Waals surface area contributed by atoms with Crippen LogP contribution in [-0.4, -0.2) is 0 Å². The molecule has 0 aliphatic heterocycles. The van der Waals surface area contributed by atoms with Crippen LogP contribution in [0.5, 0.6) is 0 Å². The van der Waals surface area contributed by atoms with Gasteiger partial charge in [-0.2, -0.15) is 0 Å². The zero-order chi connectivity index (χ0) is 32.4. The lowest BCUT2D eigenvalue weighted by atomic mass is 10.1. The summed E-state index contributed by atoms with van der Waals surface area (Å²) in [7, 11) is -0.765. The van der Waals surface area contributed by atoms with Gasteiger partial charge in [0.25, 0.3) is 0 Å². The Bertz CT molecular complexity index is 1940. The summed E-state index contributed by atoms with van der Waals surface area (Å²) >= 11 is 0. The van der Waals surface area contributed by atoms with Gasteiger partial charge in [0, 0.05) is 12.3 Å². The molecule has 232 valence electrons. The Labute approximate surface area is 287 Å². The van der Waals surface area contributed by atoms with Crippen LogP contribution >= 0.6 is 15.8 Å².